The molecule has 0 fully saturated rings. The number of halogens is 1. The Kier molecular flexibility index (Phi) is 4.31. The Labute approximate surface area is 141 Å². The molecule has 0 aliphatic carbocycles. The van der Waals surface area contributed by atoms with Crippen molar-refractivity contribution in [3.05, 3.63) is 58.1 Å². The highest BCUT2D eigenvalue weighted by Crippen LogP contribution is 2.40. The number of nitriles is 1. The minimum Gasteiger partial charge on any atom is -0.454 e. The number of fused-ring (bicyclic) bond motifs is 1. The third kappa shape index (κ3) is 3.35. The minimum atomic E-state index is -0.465. The molecular formula is C17H11BrN2O3. The zero-order valence-electron chi connectivity index (χ0n) is 11.9. The maximum Gasteiger partial charge on any atom is 0.266 e. The van der Waals surface area contributed by atoms with Gasteiger partial charge in [0.2, 0.25) is 6.79 Å². The van der Waals surface area contributed by atoms with Crippen LogP contribution in [-0.4, -0.2) is 12.7 Å². The van der Waals surface area contributed by atoms with Crippen molar-refractivity contribution >= 4 is 33.6 Å². The summed E-state index contributed by atoms with van der Waals surface area (Å²) in [6.45, 7) is 0.153. The number of hydrogen-bond acceptors (Lipinski definition) is 4. The van der Waals surface area contributed by atoms with E-state index in [-0.39, 0.29) is 12.4 Å². The molecule has 1 N–H and O–H groups in total. The van der Waals surface area contributed by atoms with Gasteiger partial charge >= 0.3 is 0 Å². The number of hydrogen-bond donors (Lipinski definition) is 1. The average Bonchev–Trinajstić information content (AvgIpc) is 3.02. The lowest BCUT2D eigenvalue weighted by Crippen LogP contribution is -2.13. The first-order chi connectivity index (χ1) is 11.2. The third-order valence-corrected chi connectivity index (χ3v) is 3.75. The van der Waals surface area contributed by atoms with Crippen LogP contribution in [0.15, 0.2) is 52.5 Å². The van der Waals surface area contributed by atoms with Crippen molar-refractivity contribution in [3.63, 3.8) is 0 Å². The first-order valence-corrected chi connectivity index (χ1v) is 7.54. The van der Waals surface area contributed by atoms with Crippen molar-refractivity contribution in [3.8, 4) is 17.6 Å². The lowest BCUT2D eigenvalue weighted by atomic mass is 10.1. The van der Waals surface area contributed by atoms with Gasteiger partial charge in [0, 0.05) is 5.69 Å². The van der Waals surface area contributed by atoms with Gasteiger partial charge in [0.15, 0.2) is 11.5 Å². The second-order valence-corrected chi connectivity index (χ2v) is 5.58. The van der Waals surface area contributed by atoms with Crippen LogP contribution in [0.4, 0.5) is 5.69 Å². The van der Waals surface area contributed by atoms with Crippen LogP contribution >= 0.6 is 15.9 Å². The van der Waals surface area contributed by atoms with E-state index in [2.05, 4.69) is 21.2 Å². The van der Waals surface area contributed by atoms with Gasteiger partial charge in [0.05, 0.1) is 4.47 Å². The van der Waals surface area contributed by atoms with E-state index in [9.17, 15) is 10.1 Å². The molecule has 23 heavy (non-hydrogen) atoms. The normalized spacial score (nSPS) is 12.6. The summed E-state index contributed by atoms with van der Waals surface area (Å²) in [5.41, 5.74) is 1.30. The maximum atomic E-state index is 12.2. The molecule has 0 bridgehead atoms. The summed E-state index contributed by atoms with van der Waals surface area (Å²) in [4.78, 5) is 12.2. The van der Waals surface area contributed by atoms with E-state index < -0.39 is 5.91 Å². The largest absolute Gasteiger partial charge is 0.454 e. The van der Waals surface area contributed by atoms with E-state index in [1.807, 2.05) is 12.1 Å². The van der Waals surface area contributed by atoms with Gasteiger partial charge in [0.25, 0.3) is 5.91 Å². The minimum absolute atomic E-state index is 0.000353. The van der Waals surface area contributed by atoms with Crippen molar-refractivity contribution in [1.29, 1.82) is 5.26 Å². The number of carbonyl (C=O) groups excluding carboxylic acids is 1. The van der Waals surface area contributed by atoms with Crippen LogP contribution in [0.2, 0.25) is 0 Å². The van der Waals surface area contributed by atoms with Crippen LogP contribution in [0.1, 0.15) is 5.56 Å². The summed E-state index contributed by atoms with van der Waals surface area (Å²) < 4.78 is 11.3. The molecule has 1 amide bonds. The summed E-state index contributed by atoms with van der Waals surface area (Å²) >= 11 is 3.38. The summed E-state index contributed by atoms with van der Waals surface area (Å²) in [5, 5.41) is 11.9. The number of carbonyl (C=O) groups is 1. The van der Waals surface area contributed by atoms with Crippen LogP contribution in [0, 0.1) is 11.3 Å². The maximum absolute atomic E-state index is 12.2. The fourth-order valence-corrected chi connectivity index (χ4v) is 2.68. The van der Waals surface area contributed by atoms with E-state index in [0.717, 1.165) is 0 Å². The van der Waals surface area contributed by atoms with Crippen LogP contribution in [0.25, 0.3) is 6.08 Å². The highest BCUT2D eigenvalue weighted by molar-refractivity contribution is 9.10. The number of anilines is 1. The first kappa shape index (κ1) is 15.1. The fourth-order valence-electron chi connectivity index (χ4n) is 2.11. The number of nitrogens with zero attached hydrogens (tertiary/aromatic N) is 1. The summed E-state index contributed by atoms with van der Waals surface area (Å²) in [5.74, 6) is 0.730. The Morgan fingerprint density at radius 2 is 2.04 bits per heavy atom. The number of ether oxygens (including phenoxy) is 2. The Bertz CT molecular complexity index is 826. The highest BCUT2D eigenvalue weighted by Gasteiger charge is 2.18. The molecule has 0 saturated carbocycles. The second-order valence-electron chi connectivity index (χ2n) is 4.73. The zero-order chi connectivity index (χ0) is 16.2. The zero-order valence-corrected chi connectivity index (χ0v) is 13.5. The average molecular weight is 371 g/mol. The lowest BCUT2D eigenvalue weighted by molar-refractivity contribution is -0.112. The summed E-state index contributed by atoms with van der Waals surface area (Å²) in [6, 6.07) is 14.4. The van der Waals surface area contributed by atoms with E-state index in [4.69, 9.17) is 9.47 Å². The molecule has 3 rings (SSSR count). The molecule has 1 heterocycles. The van der Waals surface area contributed by atoms with E-state index in [0.29, 0.717) is 27.2 Å². The molecule has 114 valence electrons. The highest BCUT2D eigenvalue weighted by atomic mass is 79.9. The third-order valence-electron chi connectivity index (χ3n) is 3.16. The quantitative estimate of drug-likeness (QED) is 0.659. The Morgan fingerprint density at radius 1 is 1.26 bits per heavy atom. The van der Waals surface area contributed by atoms with Gasteiger partial charge in [-0.3, -0.25) is 4.79 Å². The summed E-state index contributed by atoms with van der Waals surface area (Å²) in [7, 11) is 0. The first-order valence-electron chi connectivity index (χ1n) is 6.75. The molecule has 0 radical (unpaired) electrons. The molecular weight excluding hydrogens is 360 g/mol. The molecule has 5 nitrogen and oxygen atoms in total. The van der Waals surface area contributed by atoms with Gasteiger partial charge < -0.3 is 14.8 Å². The van der Waals surface area contributed by atoms with Gasteiger partial charge in [-0.1, -0.05) is 18.2 Å². The van der Waals surface area contributed by atoms with E-state index in [1.165, 1.54) is 6.08 Å². The smallest absolute Gasteiger partial charge is 0.266 e. The number of nitrogens with one attached hydrogen (secondary N) is 1. The molecule has 1 aliphatic rings. The van der Waals surface area contributed by atoms with E-state index >= 15 is 0 Å². The van der Waals surface area contributed by atoms with Gasteiger partial charge in [-0.2, -0.15) is 5.26 Å². The molecule has 0 atom stereocenters. The van der Waals surface area contributed by atoms with Crippen molar-refractivity contribution in [2.24, 2.45) is 0 Å². The van der Waals surface area contributed by atoms with Crippen molar-refractivity contribution in [1.82, 2.24) is 0 Å². The van der Waals surface area contributed by atoms with Gasteiger partial charge in [-0.05, 0) is 51.8 Å². The van der Waals surface area contributed by atoms with Gasteiger partial charge in [0.1, 0.15) is 11.6 Å². The molecule has 0 spiro atoms. The lowest BCUT2D eigenvalue weighted by Gasteiger charge is -2.05. The fraction of sp³-hybridized carbons (Fsp3) is 0.0588. The number of rotatable bonds is 3. The van der Waals surface area contributed by atoms with Crippen LogP contribution in [0.5, 0.6) is 11.5 Å². The topological polar surface area (TPSA) is 71.3 Å². The number of amides is 1. The van der Waals surface area contributed by atoms with Crippen molar-refractivity contribution in [2.75, 3.05) is 12.1 Å². The van der Waals surface area contributed by atoms with Gasteiger partial charge in [-0.15, -0.1) is 0 Å². The monoisotopic (exact) mass is 370 g/mol. The van der Waals surface area contributed by atoms with Crippen molar-refractivity contribution in [2.45, 2.75) is 0 Å². The van der Waals surface area contributed by atoms with Crippen molar-refractivity contribution < 1.29 is 14.3 Å². The molecule has 2 aromatic carbocycles. The van der Waals surface area contributed by atoms with Crippen LogP contribution in [0.3, 0.4) is 0 Å². The SMILES string of the molecule is N#C/C(=C\c1cc(Br)c2c(c1)OCO2)C(=O)Nc1ccccc1. The second kappa shape index (κ2) is 6.55. The standard InChI is InChI=1S/C17H11BrN2O3/c18-14-7-11(8-15-16(14)23-10-22-15)6-12(9-19)17(21)20-13-4-2-1-3-5-13/h1-8H,10H2,(H,20,21)/b12-6+. The number of para-hydroxylation sites is 1. The summed E-state index contributed by atoms with van der Waals surface area (Å²) in [6.07, 6.45) is 1.50. The molecule has 0 saturated heterocycles. The molecule has 1 aliphatic heterocycles. The molecule has 0 unspecified atom stereocenters. The Balaban J connectivity index is 1.86. The van der Waals surface area contributed by atoms with Crippen LogP contribution < -0.4 is 14.8 Å². The number of benzene rings is 2. The molecule has 2 aromatic rings. The van der Waals surface area contributed by atoms with E-state index in [1.54, 1.807) is 36.4 Å². The predicted octanol–water partition coefficient (Wildman–Crippen LogP) is 3.72. The Morgan fingerprint density at radius 3 is 2.78 bits per heavy atom. The van der Waals surface area contributed by atoms with Crippen LogP contribution in [-0.2, 0) is 4.79 Å². The van der Waals surface area contributed by atoms with Gasteiger partial charge in [-0.25, -0.2) is 0 Å². The molecule has 6 heteroatoms. The molecule has 0 aromatic heterocycles. The Hall–Kier alpha value is -2.78. The predicted molar refractivity (Wildman–Crippen MR) is 88.9 cm³/mol.